The molecule has 0 radical (unpaired) electrons. The van der Waals surface area contributed by atoms with Crippen molar-refractivity contribution < 1.29 is 9.50 Å². The van der Waals surface area contributed by atoms with Gasteiger partial charge in [0.25, 0.3) is 0 Å². The lowest BCUT2D eigenvalue weighted by atomic mass is 10.1. The molecule has 0 bridgehead atoms. The van der Waals surface area contributed by atoms with Crippen LogP contribution in [0.2, 0.25) is 0 Å². The molecule has 1 aromatic rings. The minimum atomic E-state index is -0.272. The van der Waals surface area contributed by atoms with Gasteiger partial charge in [-0.05, 0) is 36.6 Å². The summed E-state index contributed by atoms with van der Waals surface area (Å²) >= 11 is 0. The maximum Gasteiger partial charge on any atom is 0.125 e. The van der Waals surface area contributed by atoms with Gasteiger partial charge < -0.3 is 10.0 Å². The van der Waals surface area contributed by atoms with Crippen LogP contribution in [0.1, 0.15) is 31.2 Å². The van der Waals surface area contributed by atoms with Gasteiger partial charge in [0.05, 0.1) is 6.61 Å². The Morgan fingerprint density at radius 2 is 2.00 bits per heavy atom. The van der Waals surface area contributed by atoms with Gasteiger partial charge in [-0.1, -0.05) is 12.8 Å². The maximum atomic E-state index is 13.3. The van der Waals surface area contributed by atoms with E-state index in [1.54, 1.807) is 0 Å². The molecule has 1 fully saturated rings. The fourth-order valence-electron chi connectivity index (χ4n) is 2.43. The average Bonchev–Trinajstić information content (AvgIpc) is 2.80. The normalized spacial score (nSPS) is 16.7. The van der Waals surface area contributed by atoms with Gasteiger partial charge in [-0.15, -0.1) is 0 Å². The summed E-state index contributed by atoms with van der Waals surface area (Å²) in [5, 5.41) is 9.05. The Labute approximate surface area is 95.7 Å². The quantitative estimate of drug-likeness (QED) is 0.851. The summed E-state index contributed by atoms with van der Waals surface area (Å²) in [4.78, 5) is 2.13. The van der Waals surface area contributed by atoms with Crippen LogP contribution >= 0.6 is 0 Å². The molecule has 1 saturated carbocycles. The van der Waals surface area contributed by atoms with Crippen LogP contribution in [0.5, 0.6) is 0 Å². The molecule has 88 valence electrons. The fourth-order valence-corrected chi connectivity index (χ4v) is 2.43. The minimum Gasteiger partial charge on any atom is -0.392 e. The standard InChI is InChI=1S/C13H18FNO/c1-15(12-4-2-3-5-12)13-7-10(9-16)6-11(14)8-13/h6-8,12,16H,2-5,9H2,1H3. The molecule has 3 heteroatoms. The van der Waals surface area contributed by atoms with Gasteiger partial charge in [-0.3, -0.25) is 0 Å². The molecule has 0 saturated heterocycles. The maximum absolute atomic E-state index is 13.3. The molecule has 0 atom stereocenters. The molecule has 2 nitrogen and oxygen atoms in total. The molecule has 16 heavy (non-hydrogen) atoms. The number of anilines is 1. The Kier molecular flexibility index (Phi) is 3.44. The van der Waals surface area contributed by atoms with Crippen LogP contribution in [0.4, 0.5) is 10.1 Å². The Bertz CT molecular complexity index is 361. The number of halogens is 1. The first-order valence-corrected chi connectivity index (χ1v) is 5.84. The Balaban J connectivity index is 2.21. The lowest BCUT2D eigenvalue weighted by Crippen LogP contribution is -2.28. The number of hydrogen-bond donors (Lipinski definition) is 1. The third kappa shape index (κ3) is 2.35. The summed E-state index contributed by atoms with van der Waals surface area (Å²) in [6.07, 6.45) is 4.89. The van der Waals surface area contributed by atoms with Crippen molar-refractivity contribution in [3.8, 4) is 0 Å². The van der Waals surface area contributed by atoms with Crippen molar-refractivity contribution in [1.82, 2.24) is 0 Å². The van der Waals surface area contributed by atoms with E-state index in [1.807, 2.05) is 13.1 Å². The molecule has 0 unspecified atom stereocenters. The van der Waals surface area contributed by atoms with Crippen LogP contribution in [-0.2, 0) is 6.61 Å². The Morgan fingerprint density at radius 3 is 2.62 bits per heavy atom. The second-order valence-electron chi connectivity index (χ2n) is 4.52. The molecular formula is C13H18FNO. The van der Waals surface area contributed by atoms with Gasteiger partial charge >= 0.3 is 0 Å². The van der Waals surface area contributed by atoms with Crippen molar-refractivity contribution in [3.05, 3.63) is 29.6 Å². The predicted molar refractivity (Wildman–Crippen MR) is 63.0 cm³/mol. The number of nitrogens with zero attached hydrogens (tertiary/aromatic N) is 1. The number of benzene rings is 1. The van der Waals surface area contributed by atoms with Crippen molar-refractivity contribution in [3.63, 3.8) is 0 Å². The first-order chi connectivity index (χ1) is 7.70. The lowest BCUT2D eigenvalue weighted by Gasteiger charge is -2.27. The second kappa shape index (κ2) is 4.83. The molecule has 0 aromatic heterocycles. The topological polar surface area (TPSA) is 23.5 Å². The first-order valence-electron chi connectivity index (χ1n) is 5.84. The molecule has 0 heterocycles. The van der Waals surface area contributed by atoms with E-state index in [-0.39, 0.29) is 12.4 Å². The average molecular weight is 223 g/mol. The van der Waals surface area contributed by atoms with E-state index < -0.39 is 0 Å². The van der Waals surface area contributed by atoms with E-state index in [0.717, 1.165) is 5.69 Å². The van der Waals surface area contributed by atoms with Crippen molar-refractivity contribution in [2.75, 3.05) is 11.9 Å². The highest BCUT2D eigenvalue weighted by Crippen LogP contribution is 2.28. The smallest absolute Gasteiger partial charge is 0.125 e. The van der Waals surface area contributed by atoms with Gasteiger partial charge in [0.15, 0.2) is 0 Å². The summed E-state index contributed by atoms with van der Waals surface area (Å²) in [5.41, 5.74) is 1.51. The van der Waals surface area contributed by atoms with Crippen LogP contribution in [0, 0.1) is 5.82 Å². The predicted octanol–water partition coefficient (Wildman–Crippen LogP) is 2.70. The van der Waals surface area contributed by atoms with Gasteiger partial charge in [-0.25, -0.2) is 4.39 Å². The third-order valence-corrected chi connectivity index (χ3v) is 3.40. The van der Waals surface area contributed by atoms with Gasteiger partial charge in [0, 0.05) is 18.8 Å². The zero-order valence-electron chi connectivity index (χ0n) is 9.62. The second-order valence-corrected chi connectivity index (χ2v) is 4.52. The number of aliphatic hydroxyl groups excluding tert-OH is 1. The molecule has 0 spiro atoms. The van der Waals surface area contributed by atoms with Gasteiger partial charge in [0.2, 0.25) is 0 Å². The summed E-state index contributed by atoms with van der Waals surface area (Å²) in [5.74, 6) is -0.272. The van der Waals surface area contributed by atoms with Gasteiger partial charge in [-0.2, -0.15) is 0 Å². The van der Waals surface area contributed by atoms with E-state index >= 15 is 0 Å². The number of rotatable bonds is 3. The van der Waals surface area contributed by atoms with Crippen LogP contribution < -0.4 is 4.90 Å². The van der Waals surface area contributed by atoms with Crippen LogP contribution in [0.15, 0.2) is 18.2 Å². The molecule has 0 aliphatic heterocycles. The van der Waals surface area contributed by atoms with E-state index in [4.69, 9.17) is 5.11 Å². The third-order valence-electron chi connectivity index (χ3n) is 3.40. The number of aliphatic hydroxyl groups is 1. The molecule has 2 rings (SSSR count). The van der Waals surface area contributed by atoms with E-state index in [2.05, 4.69) is 4.90 Å². The summed E-state index contributed by atoms with van der Waals surface area (Å²) < 4.78 is 13.3. The molecule has 1 aromatic carbocycles. The summed E-state index contributed by atoms with van der Waals surface area (Å²) in [6.45, 7) is -0.108. The fraction of sp³-hybridized carbons (Fsp3) is 0.538. The van der Waals surface area contributed by atoms with E-state index in [0.29, 0.717) is 11.6 Å². The Morgan fingerprint density at radius 1 is 1.31 bits per heavy atom. The first kappa shape index (κ1) is 11.4. The molecule has 1 aliphatic rings. The highest BCUT2D eigenvalue weighted by atomic mass is 19.1. The van der Waals surface area contributed by atoms with Gasteiger partial charge in [0.1, 0.15) is 5.82 Å². The number of hydrogen-bond acceptors (Lipinski definition) is 2. The highest BCUT2D eigenvalue weighted by molar-refractivity contribution is 5.49. The molecule has 0 amide bonds. The zero-order chi connectivity index (χ0) is 11.5. The summed E-state index contributed by atoms with van der Waals surface area (Å²) in [7, 11) is 2.01. The Hall–Kier alpha value is -1.09. The van der Waals surface area contributed by atoms with Crippen LogP contribution in [-0.4, -0.2) is 18.2 Å². The molecular weight excluding hydrogens is 205 g/mol. The zero-order valence-corrected chi connectivity index (χ0v) is 9.62. The largest absolute Gasteiger partial charge is 0.392 e. The highest BCUT2D eigenvalue weighted by Gasteiger charge is 2.20. The van der Waals surface area contributed by atoms with Crippen molar-refractivity contribution in [2.45, 2.75) is 38.3 Å². The van der Waals surface area contributed by atoms with E-state index in [1.165, 1.54) is 37.8 Å². The lowest BCUT2D eigenvalue weighted by molar-refractivity contribution is 0.281. The molecule has 1 aliphatic carbocycles. The SMILES string of the molecule is CN(c1cc(F)cc(CO)c1)C1CCCC1. The minimum absolute atomic E-state index is 0.108. The monoisotopic (exact) mass is 223 g/mol. The molecule has 1 N–H and O–H groups in total. The van der Waals surface area contributed by atoms with Crippen molar-refractivity contribution >= 4 is 5.69 Å². The van der Waals surface area contributed by atoms with E-state index in [9.17, 15) is 4.39 Å². The van der Waals surface area contributed by atoms with Crippen LogP contribution in [0.25, 0.3) is 0 Å². The van der Waals surface area contributed by atoms with Crippen molar-refractivity contribution in [1.29, 1.82) is 0 Å². The summed E-state index contributed by atoms with van der Waals surface area (Å²) in [6, 6.07) is 5.30. The van der Waals surface area contributed by atoms with Crippen LogP contribution in [0.3, 0.4) is 0 Å². The van der Waals surface area contributed by atoms with Crippen molar-refractivity contribution in [2.24, 2.45) is 0 Å².